The van der Waals surface area contributed by atoms with E-state index < -0.39 is 5.91 Å². The minimum atomic E-state index is -0.488. The van der Waals surface area contributed by atoms with E-state index in [1.165, 1.54) is 0 Å². The number of rotatable bonds is 7. The number of primary amides is 1. The number of nitrogens with two attached hydrogens (primary N) is 1. The van der Waals surface area contributed by atoms with E-state index in [1.807, 2.05) is 24.1 Å². The van der Waals surface area contributed by atoms with E-state index in [0.29, 0.717) is 30.8 Å². The van der Waals surface area contributed by atoms with Gasteiger partial charge < -0.3 is 15.5 Å². The molecule has 22 heavy (non-hydrogen) atoms. The van der Waals surface area contributed by atoms with Crippen LogP contribution in [0.25, 0.3) is 0 Å². The molecule has 6 heteroatoms. The minimum absolute atomic E-state index is 0.0851. The Morgan fingerprint density at radius 3 is 2.55 bits per heavy atom. The quantitative estimate of drug-likeness (QED) is 0.816. The monoisotopic (exact) mass is 301 g/mol. The largest absolute Gasteiger partial charge is 0.468 e. The van der Waals surface area contributed by atoms with Crippen LogP contribution in [-0.2, 0) is 11.3 Å². The van der Waals surface area contributed by atoms with Gasteiger partial charge in [0.15, 0.2) is 0 Å². The molecule has 0 aliphatic carbocycles. The summed E-state index contributed by atoms with van der Waals surface area (Å²) in [7, 11) is 1.93. The van der Waals surface area contributed by atoms with Gasteiger partial charge in [0.2, 0.25) is 11.8 Å². The first-order valence-corrected chi connectivity index (χ1v) is 6.95. The Hall–Kier alpha value is -2.60. The number of carbonyl (C=O) groups is 2. The van der Waals surface area contributed by atoms with Gasteiger partial charge in [-0.1, -0.05) is 0 Å². The lowest BCUT2D eigenvalue weighted by atomic mass is 10.2. The van der Waals surface area contributed by atoms with E-state index in [0.717, 1.165) is 5.76 Å². The number of furan rings is 1. The number of carbonyl (C=O) groups excluding carboxylic acids is 2. The van der Waals surface area contributed by atoms with Crippen molar-refractivity contribution < 1.29 is 14.0 Å². The van der Waals surface area contributed by atoms with Gasteiger partial charge in [0.05, 0.1) is 12.8 Å². The van der Waals surface area contributed by atoms with Crippen molar-refractivity contribution in [3.05, 3.63) is 54.0 Å². The van der Waals surface area contributed by atoms with Crippen molar-refractivity contribution >= 4 is 17.5 Å². The first-order chi connectivity index (χ1) is 10.5. The normalized spacial score (nSPS) is 10.6. The van der Waals surface area contributed by atoms with Crippen molar-refractivity contribution in [2.75, 3.05) is 18.9 Å². The van der Waals surface area contributed by atoms with Gasteiger partial charge in [-0.15, -0.1) is 0 Å². The van der Waals surface area contributed by atoms with E-state index in [2.05, 4.69) is 5.32 Å². The average Bonchev–Trinajstić information content (AvgIpc) is 2.98. The molecule has 3 N–H and O–H groups in total. The summed E-state index contributed by atoms with van der Waals surface area (Å²) in [6.45, 7) is 1.28. The molecule has 0 radical (unpaired) electrons. The Morgan fingerprint density at radius 1 is 1.23 bits per heavy atom. The molecule has 2 aromatic rings. The van der Waals surface area contributed by atoms with Crippen molar-refractivity contribution in [1.82, 2.24) is 4.90 Å². The number of nitrogens with zero attached hydrogens (tertiary/aromatic N) is 1. The molecule has 0 bridgehead atoms. The summed E-state index contributed by atoms with van der Waals surface area (Å²) in [5, 5.41) is 2.78. The first-order valence-electron chi connectivity index (χ1n) is 6.95. The lowest BCUT2D eigenvalue weighted by molar-refractivity contribution is -0.116. The molecule has 0 spiro atoms. The zero-order valence-corrected chi connectivity index (χ0v) is 12.4. The van der Waals surface area contributed by atoms with Crippen molar-refractivity contribution in [2.24, 2.45) is 5.73 Å². The van der Waals surface area contributed by atoms with Crippen LogP contribution in [0.2, 0.25) is 0 Å². The second-order valence-corrected chi connectivity index (χ2v) is 5.06. The zero-order valence-electron chi connectivity index (χ0n) is 12.4. The second-order valence-electron chi connectivity index (χ2n) is 5.06. The van der Waals surface area contributed by atoms with E-state index >= 15 is 0 Å². The summed E-state index contributed by atoms with van der Waals surface area (Å²) < 4.78 is 5.26. The lowest BCUT2D eigenvalue weighted by Crippen LogP contribution is -2.23. The molecular weight excluding hydrogens is 282 g/mol. The topological polar surface area (TPSA) is 88.6 Å². The highest BCUT2D eigenvalue weighted by Gasteiger charge is 2.07. The predicted molar refractivity (Wildman–Crippen MR) is 83.2 cm³/mol. The summed E-state index contributed by atoms with van der Waals surface area (Å²) in [5.41, 5.74) is 6.22. The highest BCUT2D eigenvalue weighted by Crippen LogP contribution is 2.10. The van der Waals surface area contributed by atoms with Gasteiger partial charge in [-0.2, -0.15) is 0 Å². The van der Waals surface area contributed by atoms with Crippen molar-refractivity contribution in [1.29, 1.82) is 0 Å². The molecule has 0 atom stereocenters. The van der Waals surface area contributed by atoms with E-state index in [-0.39, 0.29) is 5.91 Å². The van der Waals surface area contributed by atoms with Crippen molar-refractivity contribution in [3.63, 3.8) is 0 Å². The summed E-state index contributed by atoms with van der Waals surface area (Å²) in [6.07, 6.45) is 2.00. The number of hydrogen-bond donors (Lipinski definition) is 2. The molecule has 0 saturated carbocycles. The summed E-state index contributed by atoms with van der Waals surface area (Å²) >= 11 is 0. The smallest absolute Gasteiger partial charge is 0.248 e. The number of anilines is 1. The molecule has 1 aromatic carbocycles. The predicted octanol–water partition coefficient (Wildman–Crippen LogP) is 1.84. The molecule has 0 fully saturated rings. The van der Waals surface area contributed by atoms with Crippen LogP contribution in [0.4, 0.5) is 5.69 Å². The highest BCUT2D eigenvalue weighted by molar-refractivity contribution is 5.94. The maximum Gasteiger partial charge on any atom is 0.248 e. The number of amides is 2. The van der Waals surface area contributed by atoms with Crippen LogP contribution in [0.1, 0.15) is 22.5 Å². The Bertz CT molecular complexity index is 621. The fraction of sp³-hybridized carbons (Fsp3) is 0.250. The third-order valence-corrected chi connectivity index (χ3v) is 3.18. The van der Waals surface area contributed by atoms with Gasteiger partial charge in [0, 0.05) is 24.2 Å². The van der Waals surface area contributed by atoms with Gasteiger partial charge in [0.1, 0.15) is 5.76 Å². The summed E-state index contributed by atoms with van der Waals surface area (Å²) in [4.78, 5) is 24.9. The van der Waals surface area contributed by atoms with Gasteiger partial charge in [0.25, 0.3) is 0 Å². The standard InChI is InChI=1S/C16H19N3O3/c1-19(11-14-3-2-10-22-14)9-8-15(20)18-13-6-4-12(5-7-13)16(17)21/h2-7,10H,8-9,11H2,1H3,(H2,17,21)(H,18,20). The summed E-state index contributed by atoms with van der Waals surface area (Å²) in [6, 6.07) is 10.2. The Balaban J connectivity index is 1.76. The Labute approximate surface area is 128 Å². The second kappa shape index (κ2) is 7.42. The molecule has 1 heterocycles. The van der Waals surface area contributed by atoms with E-state index in [9.17, 15) is 9.59 Å². The number of hydrogen-bond acceptors (Lipinski definition) is 4. The number of benzene rings is 1. The molecule has 2 rings (SSSR count). The van der Waals surface area contributed by atoms with Crippen LogP contribution in [-0.4, -0.2) is 30.3 Å². The minimum Gasteiger partial charge on any atom is -0.468 e. The fourth-order valence-corrected chi connectivity index (χ4v) is 1.98. The molecule has 0 aliphatic rings. The molecule has 2 amide bonds. The van der Waals surface area contributed by atoms with Gasteiger partial charge >= 0.3 is 0 Å². The highest BCUT2D eigenvalue weighted by atomic mass is 16.3. The number of nitrogens with one attached hydrogen (secondary N) is 1. The van der Waals surface area contributed by atoms with E-state index in [4.69, 9.17) is 10.2 Å². The van der Waals surface area contributed by atoms with Crippen LogP contribution in [0.15, 0.2) is 47.1 Å². The van der Waals surface area contributed by atoms with Crippen LogP contribution >= 0.6 is 0 Å². The third-order valence-electron chi connectivity index (χ3n) is 3.18. The Morgan fingerprint density at radius 2 is 1.95 bits per heavy atom. The maximum absolute atomic E-state index is 11.9. The molecule has 116 valence electrons. The van der Waals surface area contributed by atoms with Gasteiger partial charge in [-0.3, -0.25) is 14.5 Å². The fourth-order valence-electron chi connectivity index (χ4n) is 1.98. The van der Waals surface area contributed by atoms with Gasteiger partial charge in [-0.25, -0.2) is 0 Å². The van der Waals surface area contributed by atoms with Crippen molar-refractivity contribution in [2.45, 2.75) is 13.0 Å². The molecule has 0 saturated heterocycles. The van der Waals surface area contributed by atoms with Gasteiger partial charge in [-0.05, 0) is 43.4 Å². The average molecular weight is 301 g/mol. The van der Waals surface area contributed by atoms with Crippen LogP contribution in [0.3, 0.4) is 0 Å². The molecule has 0 aliphatic heterocycles. The first kappa shape index (κ1) is 15.8. The third kappa shape index (κ3) is 4.75. The SMILES string of the molecule is CN(CCC(=O)Nc1ccc(C(N)=O)cc1)Cc1ccco1. The van der Waals surface area contributed by atoms with Crippen molar-refractivity contribution in [3.8, 4) is 0 Å². The molecule has 6 nitrogen and oxygen atoms in total. The van der Waals surface area contributed by atoms with Crippen LogP contribution in [0.5, 0.6) is 0 Å². The molecule has 0 unspecified atom stereocenters. The molecule has 1 aromatic heterocycles. The summed E-state index contributed by atoms with van der Waals surface area (Å²) in [5.74, 6) is 0.292. The lowest BCUT2D eigenvalue weighted by Gasteiger charge is -2.14. The molecular formula is C16H19N3O3. The van der Waals surface area contributed by atoms with E-state index in [1.54, 1.807) is 30.5 Å². The van der Waals surface area contributed by atoms with Crippen LogP contribution in [0, 0.1) is 0 Å². The maximum atomic E-state index is 11.9. The zero-order chi connectivity index (χ0) is 15.9. The van der Waals surface area contributed by atoms with Crippen LogP contribution < -0.4 is 11.1 Å². The Kier molecular flexibility index (Phi) is 5.32.